The summed E-state index contributed by atoms with van der Waals surface area (Å²) in [7, 11) is 0. The van der Waals surface area contributed by atoms with Crippen LogP contribution >= 0.6 is 0 Å². The Bertz CT molecular complexity index is 1530. The fraction of sp³-hybridized carbons (Fsp3) is 0.115. The SMILES string of the molecule is O=C(Cn1cc(C(=O)c2ccc(F)cc2)c(=O)c2cc(F)ccc21)Nc1ccc2c(c1)OCCO2. The van der Waals surface area contributed by atoms with E-state index in [2.05, 4.69) is 5.32 Å². The van der Waals surface area contributed by atoms with Gasteiger partial charge < -0.3 is 19.4 Å². The lowest BCUT2D eigenvalue weighted by Gasteiger charge is -2.19. The summed E-state index contributed by atoms with van der Waals surface area (Å²) in [6.07, 6.45) is 1.26. The Hall–Kier alpha value is -4.53. The number of anilines is 1. The summed E-state index contributed by atoms with van der Waals surface area (Å²) >= 11 is 0. The van der Waals surface area contributed by atoms with Crippen molar-refractivity contribution in [3.63, 3.8) is 0 Å². The minimum Gasteiger partial charge on any atom is -0.486 e. The predicted octanol–water partition coefficient (Wildman–Crippen LogP) is 3.92. The van der Waals surface area contributed by atoms with Gasteiger partial charge in [0.15, 0.2) is 17.3 Å². The number of carbonyl (C=O) groups is 2. The van der Waals surface area contributed by atoms with Gasteiger partial charge in [-0.15, -0.1) is 0 Å². The highest BCUT2D eigenvalue weighted by atomic mass is 19.1. The lowest BCUT2D eigenvalue weighted by molar-refractivity contribution is -0.116. The monoisotopic (exact) mass is 476 g/mol. The maximum absolute atomic E-state index is 14.0. The first-order chi connectivity index (χ1) is 16.9. The molecule has 7 nitrogen and oxygen atoms in total. The van der Waals surface area contributed by atoms with E-state index >= 15 is 0 Å². The molecule has 1 N–H and O–H groups in total. The normalized spacial score (nSPS) is 12.4. The molecule has 0 bridgehead atoms. The number of aromatic nitrogens is 1. The molecular weight excluding hydrogens is 458 g/mol. The third-order valence-electron chi connectivity index (χ3n) is 5.53. The molecular formula is C26H18F2N2O5. The fourth-order valence-electron chi connectivity index (χ4n) is 3.90. The molecule has 2 heterocycles. The van der Waals surface area contributed by atoms with Gasteiger partial charge in [0.05, 0.1) is 11.1 Å². The zero-order chi connectivity index (χ0) is 24.5. The molecule has 5 rings (SSSR count). The Balaban J connectivity index is 1.49. The largest absolute Gasteiger partial charge is 0.486 e. The van der Waals surface area contributed by atoms with Crippen LogP contribution in [0.4, 0.5) is 14.5 Å². The van der Waals surface area contributed by atoms with Crippen LogP contribution in [0, 0.1) is 11.6 Å². The van der Waals surface area contributed by atoms with E-state index in [9.17, 15) is 23.2 Å². The predicted molar refractivity (Wildman–Crippen MR) is 124 cm³/mol. The zero-order valence-electron chi connectivity index (χ0n) is 18.2. The number of pyridine rings is 1. The second-order valence-corrected chi connectivity index (χ2v) is 7.90. The first kappa shape index (κ1) is 22.3. The van der Waals surface area contributed by atoms with E-state index < -0.39 is 28.8 Å². The molecule has 0 spiro atoms. The second kappa shape index (κ2) is 9.02. The van der Waals surface area contributed by atoms with Crippen molar-refractivity contribution in [2.45, 2.75) is 6.54 Å². The van der Waals surface area contributed by atoms with Crippen LogP contribution in [0.25, 0.3) is 10.9 Å². The molecule has 1 aromatic heterocycles. The van der Waals surface area contributed by atoms with E-state index in [-0.39, 0.29) is 28.6 Å². The quantitative estimate of drug-likeness (QED) is 0.442. The third-order valence-corrected chi connectivity index (χ3v) is 5.53. The number of hydrogen-bond acceptors (Lipinski definition) is 5. The van der Waals surface area contributed by atoms with Crippen molar-refractivity contribution in [2.24, 2.45) is 0 Å². The van der Waals surface area contributed by atoms with Crippen molar-refractivity contribution in [1.29, 1.82) is 0 Å². The van der Waals surface area contributed by atoms with Crippen LogP contribution < -0.4 is 20.2 Å². The summed E-state index contributed by atoms with van der Waals surface area (Å²) < 4.78 is 39.6. The molecule has 1 aliphatic rings. The van der Waals surface area contributed by atoms with Crippen molar-refractivity contribution < 1.29 is 27.8 Å². The van der Waals surface area contributed by atoms with Gasteiger partial charge in [-0.1, -0.05) is 0 Å². The highest BCUT2D eigenvalue weighted by Crippen LogP contribution is 2.32. The Kier molecular flexibility index (Phi) is 5.74. The molecule has 35 heavy (non-hydrogen) atoms. The van der Waals surface area contributed by atoms with Crippen LogP contribution in [0.2, 0.25) is 0 Å². The summed E-state index contributed by atoms with van der Waals surface area (Å²) in [4.78, 5) is 38.9. The van der Waals surface area contributed by atoms with Crippen molar-refractivity contribution >= 4 is 28.3 Å². The number of amides is 1. The number of nitrogens with one attached hydrogen (secondary N) is 1. The van der Waals surface area contributed by atoms with Gasteiger partial charge in [-0.25, -0.2) is 8.78 Å². The lowest BCUT2D eigenvalue weighted by atomic mass is 10.0. The molecule has 0 atom stereocenters. The average Bonchev–Trinajstić information content (AvgIpc) is 2.85. The average molecular weight is 476 g/mol. The van der Waals surface area contributed by atoms with E-state index in [0.29, 0.717) is 30.4 Å². The highest BCUT2D eigenvalue weighted by molar-refractivity contribution is 6.10. The van der Waals surface area contributed by atoms with Gasteiger partial charge in [0.2, 0.25) is 11.3 Å². The highest BCUT2D eigenvalue weighted by Gasteiger charge is 2.19. The molecule has 0 saturated heterocycles. The molecule has 9 heteroatoms. The number of ketones is 1. The molecule has 4 aromatic rings. The number of nitrogens with zero attached hydrogens (tertiary/aromatic N) is 1. The molecule has 0 fully saturated rings. The first-order valence-corrected chi connectivity index (χ1v) is 10.7. The van der Waals surface area contributed by atoms with Gasteiger partial charge in [-0.2, -0.15) is 0 Å². The number of ether oxygens (including phenoxy) is 2. The lowest BCUT2D eigenvalue weighted by Crippen LogP contribution is -2.24. The summed E-state index contributed by atoms with van der Waals surface area (Å²) in [6.45, 7) is 0.577. The van der Waals surface area contributed by atoms with Gasteiger partial charge in [-0.05, 0) is 54.6 Å². The molecule has 0 aliphatic carbocycles. The molecule has 0 saturated carbocycles. The Labute approximate surface area is 197 Å². The van der Waals surface area contributed by atoms with Gasteiger partial charge in [0.25, 0.3) is 0 Å². The summed E-state index contributed by atoms with van der Waals surface area (Å²) in [5.41, 5.74) is -0.103. The second-order valence-electron chi connectivity index (χ2n) is 7.90. The number of fused-ring (bicyclic) bond motifs is 2. The third kappa shape index (κ3) is 4.48. The number of carbonyl (C=O) groups excluding carboxylic acids is 2. The molecule has 176 valence electrons. The Morgan fingerprint density at radius 2 is 1.60 bits per heavy atom. The van der Waals surface area contributed by atoms with Crippen LogP contribution in [0.15, 0.2) is 71.7 Å². The molecule has 3 aromatic carbocycles. The van der Waals surface area contributed by atoms with Gasteiger partial charge >= 0.3 is 0 Å². The minimum absolute atomic E-state index is 0.0508. The standard InChI is InChI=1S/C26H18F2N2O5/c27-16-3-1-15(2-4-16)25(32)20-13-30(21-7-5-17(28)11-19(21)26(20)33)14-24(31)29-18-6-8-22-23(12-18)35-10-9-34-22/h1-8,11-13H,9-10,14H2,(H,29,31). The Morgan fingerprint density at radius 1 is 0.886 bits per heavy atom. The van der Waals surface area contributed by atoms with E-state index in [1.165, 1.54) is 35.0 Å². The number of benzene rings is 3. The van der Waals surface area contributed by atoms with Crippen LogP contribution in [0.5, 0.6) is 11.5 Å². The number of rotatable bonds is 5. The van der Waals surface area contributed by atoms with Crippen molar-refractivity contribution in [3.05, 3.63) is 99.8 Å². The van der Waals surface area contributed by atoms with Crippen LogP contribution in [0.1, 0.15) is 15.9 Å². The van der Waals surface area contributed by atoms with E-state index in [1.807, 2.05) is 0 Å². The smallest absolute Gasteiger partial charge is 0.244 e. The maximum atomic E-state index is 14.0. The fourth-order valence-corrected chi connectivity index (χ4v) is 3.90. The van der Waals surface area contributed by atoms with Crippen LogP contribution in [-0.2, 0) is 11.3 Å². The maximum Gasteiger partial charge on any atom is 0.244 e. The van der Waals surface area contributed by atoms with Gasteiger partial charge in [0.1, 0.15) is 31.4 Å². The van der Waals surface area contributed by atoms with Crippen molar-refractivity contribution in [1.82, 2.24) is 4.57 Å². The molecule has 1 amide bonds. The van der Waals surface area contributed by atoms with Gasteiger partial charge in [0, 0.05) is 28.9 Å². The van der Waals surface area contributed by atoms with Crippen molar-refractivity contribution in [3.8, 4) is 11.5 Å². The first-order valence-electron chi connectivity index (χ1n) is 10.7. The summed E-state index contributed by atoms with van der Waals surface area (Å²) in [5, 5.41) is 2.69. The molecule has 0 radical (unpaired) electrons. The summed E-state index contributed by atoms with van der Waals surface area (Å²) in [5.74, 6) is -1.22. The van der Waals surface area contributed by atoms with E-state index in [0.717, 1.165) is 18.2 Å². The van der Waals surface area contributed by atoms with Gasteiger partial charge in [-0.3, -0.25) is 14.4 Å². The van der Waals surface area contributed by atoms with Crippen LogP contribution in [-0.4, -0.2) is 29.5 Å². The minimum atomic E-state index is -0.683. The number of halogens is 2. The Morgan fingerprint density at radius 3 is 2.37 bits per heavy atom. The van der Waals surface area contributed by atoms with E-state index in [1.54, 1.807) is 18.2 Å². The van der Waals surface area contributed by atoms with Crippen molar-refractivity contribution in [2.75, 3.05) is 18.5 Å². The molecule has 0 unspecified atom stereocenters. The number of hydrogen-bond donors (Lipinski definition) is 1. The molecule has 1 aliphatic heterocycles. The van der Waals surface area contributed by atoms with E-state index in [4.69, 9.17) is 9.47 Å². The summed E-state index contributed by atoms with van der Waals surface area (Å²) in [6, 6.07) is 13.3. The zero-order valence-corrected chi connectivity index (χ0v) is 18.2. The topological polar surface area (TPSA) is 86.6 Å². The van der Waals surface area contributed by atoms with Crippen LogP contribution in [0.3, 0.4) is 0 Å².